The quantitative estimate of drug-likeness (QED) is 0.435. The number of carbonyl (C=O) groups excluding carboxylic acids is 2. The molecule has 0 atom stereocenters. The molecule has 2 heterocycles. The van der Waals surface area contributed by atoms with Crippen LogP contribution in [-0.2, 0) is 11.3 Å². The van der Waals surface area contributed by atoms with E-state index in [2.05, 4.69) is 15.8 Å². The Hall–Kier alpha value is -2.78. The summed E-state index contributed by atoms with van der Waals surface area (Å²) in [4.78, 5) is 25.3. The van der Waals surface area contributed by atoms with Crippen molar-refractivity contribution in [3.05, 3.63) is 68.8 Å². The second-order valence-corrected chi connectivity index (χ2v) is 9.30. The average molecular weight is 537 g/mol. The minimum absolute atomic E-state index is 0.00139. The van der Waals surface area contributed by atoms with Crippen LogP contribution in [-0.4, -0.2) is 47.0 Å². The van der Waals surface area contributed by atoms with Crippen molar-refractivity contribution >= 4 is 46.8 Å². The van der Waals surface area contributed by atoms with Gasteiger partial charge in [-0.25, -0.2) is 14.5 Å². The number of alkyl carbamates (subject to hydrolysis) is 1. The molecule has 2 aromatic carbocycles. The Morgan fingerprint density at radius 2 is 1.69 bits per heavy atom. The fraction of sp³-hybridized carbons (Fsp3) is 0.292. The van der Waals surface area contributed by atoms with Crippen LogP contribution in [0.4, 0.5) is 4.79 Å². The Morgan fingerprint density at radius 1 is 1.00 bits per heavy atom. The van der Waals surface area contributed by atoms with E-state index in [1.54, 1.807) is 35.0 Å². The standard InChI is InChI=1S/C24H24Cl3N5O3/c1-35-24(34)28-14-18-21(23(33)30-31-11-3-2-4-12-31)29-32(20-10-9-17(26)13-19(20)27)22(18)15-5-7-16(25)8-6-15/h5-10,13H,2-4,11-12,14H2,1H3,(H,28,34)(H,30,33). The maximum Gasteiger partial charge on any atom is 0.407 e. The number of carbonyl (C=O) groups is 2. The first-order valence-electron chi connectivity index (χ1n) is 11.1. The average Bonchev–Trinajstić information content (AvgIpc) is 3.23. The summed E-state index contributed by atoms with van der Waals surface area (Å²) in [5.41, 5.74) is 5.44. The Morgan fingerprint density at radius 3 is 2.34 bits per heavy atom. The van der Waals surface area contributed by atoms with Crippen molar-refractivity contribution in [1.82, 2.24) is 25.5 Å². The zero-order valence-corrected chi connectivity index (χ0v) is 21.3. The van der Waals surface area contributed by atoms with E-state index in [1.165, 1.54) is 7.11 Å². The van der Waals surface area contributed by atoms with Gasteiger partial charge in [-0.05, 0) is 43.2 Å². The zero-order valence-electron chi connectivity index (χ0n) is 19.0. The molecule has 0 spiro atoms. The predicted octanol–water partition coefficient (Wildman–Crippen LogP) is 5.49. The molecule has 0 radical (unpaired) electrons. The lowest BCUT2D eigenvalue weighted by Crippen LogP contribution is -2.45. The summed E-state index contributed by atoms with van der Waals surface area (Å²) in [5, 5.41) is 10.6. The highest BCUT2D eigenvalue weighted by molar-refractivity contribution is 6.35. The van der Waals surface area contributed by atoms with Crippen molar-refractivity contribution in [2.24, 2.45) is 0 Å². The number of hydrogen-bond donors (Lipinski definition) is 2. The molecule has 2 N–H and O–H groups in total. The highest BCUT2D eigenvalue weighted by atomic mass is 35.5. The molecule has 184 valence electrons. The molecule has 1 aliphatic rings. The van der Waals surface area contributed by atoms with Crippen LogP contribution in [0.2, 0.25) is 15.1 Å². The number of piperidine rings is 1. The number of aromatic nitrogens is 2. The Balaban J connectivity index is 1.87. The van der Waals surface area contributed by atoms with Crippen molar-refractivity contribution in [2.75, 3.05) is 20.2 Å². The number of halogens is 3. The maximum atomic E-state index is 13.4. The van der Waals surface area contributed by atoms with E-state index in [1.807, 2.05) is 17.1 Å². The third-order valence-corrected chi connectivity index (χ3v) is 6.45. The molecule has 1 aromatic heterocycles. The number of benzene rings is 2. The van der Waals surface area contributed by atoms with Gasteiger partial charge in [-0.2, -0.15) is 5.10 Å². The van der Waals surface area contributed by atoms with Crippen LogP contribution in [0.3, 0.4) is 0 Å². The van der Waals surface area contributed by atoms with Crippen molar-refractivity contribution in [3.63, 3.8) is 0 Å². The molecule has 0 aliphatic carbocycles. The van der Waals surface area contributed by atoms with Gasteiger partial charge in [-0.1, -0.05) is 53.4 Å². The molecule has 0 unspecified atom stereocenters. The summed E-state index contributed by atoms with van der Waals surface area (Å²) in [6, 6.07) is 12.1. The minimum atomic E-state index is -0.633. The number of amides is 2. The second-order valence-electron chi connectivity index (χ2n) is 8.02. The van der Waals surface area contributed by atoms with Gasteiger partial charge in [-0.3, -0.25) is 10.2 Å². The Bertz CT molecular complexity index is 1220. The van der Waals surface area contributed by atoms with Crippen LogP contribution < -0.4 is 10.7 Å². The summed E-state index contributed by atoms with van der Waals surface area (Å²) in [6.07, 6.45) is 2.50. The smallest absolute Gasteiger partial charge is 0.407 e. The number of hydrazine groups is 1. The molecule has 0 saturated carbocycles. The first-order valence-corrected chi connectivity index (χ1v) is 12.2. The Kier molecular flexibility index (Phi) is 8.18. The maximum absolute atomic E-state index is 13.4. The molecule has 35 heavy (non-hydrogen) atoms. The number of nitrogens with zero attached hydrogens (tertiary/aromatic N) is 3. The lowest BCUT2D eigenvalue weighted by atomic mass is 10.0. The number of rotatable bonds is 6. The van der Waals surface area contributed by atoms with Gasteiger partial charge in [0.15, 0.2) is 5.69 Å². The highest BCUT2D eigenvalue weighted by Crippen LogP contribution is 2.34. The first kappa shape index (κ1) is 25.3. The monoisotopic (exact) mass is 535 g/mol. The van der Waals surface area contributed by atoms with Gasteiger partial charge < -0.3 is 10.1 Å². The molecule has 3 aromatic rings. The molecule has 4 rings (SSSR count). The van der Waals surface area contributed by atoms with Crippen LogP contribution in [0, 0.1) is 0 Å². The molecule has 11 heteroatoms. The zero-order chi connectivity index (χ0) is 24.9. The molecule has 1 aliphatic heterocycles. The van der Waals surface area contributed by atoms with Gasteiger partial charge >= 0.3 is 6.09 Å². The lowest BCUT2D eigenvalue weighted by molar-refractivity contribution is 0.0743. The molecular formula is C24H24Cl3N5O3. The van der Waals surface area contributed by atoms with E-state index in [-0.39, 0.29) is 18.1 Å². The van der Waals surface area contributed by atoms with Crippen LogP contribution in [0.25, 0.3) is 16.9 Å². The molecule has 0 bridgehead atoms. The van der Waals surface area contributed by atoms with E-state index in [0.29, 0.717) is 32.0 Å². The second kappa shape index (κ2) is 11.3. The topological polar surface area (TPSA) is 88.5 Å². The van der Waals surface area contributed by atoms with E-state index in [0.717, 1.165) is 37.9 Å². The van der Waals surface area contributed by atoms with Gasteiger partial charge in [-0.15, -0.1) is 0 Å². The summed E-state index contributed by atoms with van der Waals surface area (Å²) in [5.74, 6) is -0.382. The lowest BCUT2D eigenvalue weighted by Gasteiger charge is -2.26. The molecule has 1 fully saturated rings. The van der Waals surface area contributed by atoms with Crippen LogP contribution in [0.15, 0.2) is 42.5 Å². The predicted molar refractivity (Wildman–Crippen MR) is 136 cm³/mol. The largest absolute Gasteiger partial charge is 0.453 e. The van der Waals surface area contributed by atoms with E-state index in [9.17, 15) is 9.59 Å². The van der Waals surface area contributed by atoms with E-state index in [4.69, 9.17) is 39.5 Å². The van der Waals surface area contributed by atoms with Crippen LogP contribution >= 0.6 is 34.8 Å². The van der Waals surface area contributed by atoms with Crippen molar-refractivity contribution in [3.8, 4) is 16.9 Å². The Labute approximate surface area is 218 Å². The SMILES string of the molecule is COC(=O)NCc1c(C(=O)NN2CCCCC2)nn(-c2ccc(Cl)cc2Cl)c1-c1ccc(Cl)cc1. The summed E-state index contributed by atoms with van der Waals surface area (Å²) in [7, 11) is 1.27. The van der Waals surface area contributed by atoms with Gasteiger partial charge in [0.1, 0.15) is 0 Å². The van der Waals surface area contributed by atoms with Crippen molar-refractivity contribution in [2.45, 2.75) is 25.8 Å². The number of methoxy groups -OCH3 is 1. The number of hydrogen-bond acceptors (Lipinski definition) is 5. The highest BCUT2D eigenvalue weighted by Gasteiger charge is 2.27. The first-order chi connectivity index (χ1) is 16.9. The van der Waals surface area contributed by atoms with Crippen molar-refractivity contribution < 1.29 is 14.3 Å². The molecule has 2 amide bonds. The summed E-state index contributed by atoms with van der Waals surface area (Å²) in [6.45, 7) is 1.52. The fourth-order valence-corrected chi connectivity index (χ4v) is 4.58. The summed E-state index contributed by atoms with van der Waals surface area (Å²) < 4.78 is 6.32. The van der Waals surface area contributed by atoms with E-state index < -0.39 is 6.09 Å². The van der Waals surface area contributed by atoms with Crippen LogP contribution in [0.5, 0.6) is 0 Å². The molecule has 8 nitrogen and oxygen atoms in total. The third-order valence-electron chi connectivity index (χ3n) is 5.66. The summed E-state index contributed by atoms with van der Waals surface area (Å²) >= 11 is 18.8. The molecule has 1 saturated heterocycles. The normalized spacial score (nSPS) is 13.9. The van der Waals surface area contributed by atoms with Crippen LogP contribution in [0.1, 0.15) is 35.3 Å². The molecular weight excluding hydrogens is 513 g/mol. The van der Waals surface area contributed by atoms with Gasteiger partial charge in [0.05, 0.1) is 30.1 Å². The van der Waals surface area contributed by atoms with Gasteiger partial charge in [0.25, 0.3) is 5.91 Å². The number of ether oxygens (including phenoxy) is 1. The van der Waals surface area contributed by atoms with E-state index >= 15 is 0 Å². The number of nitrogens with one attached hydrogen (secondary N) is 2. The minimum Gasteiger partial charge on any atom is -0.453 e. The third kappa shape index (κ3) is 5.90. The fourth-order valence-electron chi connectivity index (χ4n) is 3.97. The van der Waals surface area contributed by atoms with Gasteiger partial charge in [0.2, 0.25) is 0 Å². The van der Waals surface area contributed by atoms with Crippen molar-refractivity contribution in [1.29, 1.82) is 0 Å². The van der Waals surface area contributed by atoms with Gasteiger partial charge in [0, 0.05) is 34.3 Å².